The summed E-state index contributed by atoms with van der Waals surface area (Å²) in [6, 6.07) is 9.43. The second-order valence-corrected chi connectivity index (χ2v) is 5.23. The van der Waals surface area contributed by atoms with Crippen LogP contribution in [-0.2, 0) is 17.8 Å². The van der Waals surface area contributed by atoms with E-state index in [1.807, 2.05) is 35.0 Å². The van der Waals surface area contributed by atoms with Gasteiger partial charge in [0.15, 0.2) is 0 Å². The van der Waals surface area contributed by atoms with E-state index in [1.54, 1.807) is 4.90 Å². The molecule has 0 aliphatic carbocycles. The maximum atomic E-state index is 12.1. The standard InChI is InChI=1S/C15H18N6O2/c1-16-15(23)17-9-14(22)20-8-7-13-12(10-20)18-19-21(13)11-5-3-2-4-6-11/h2-6H,7-10H2,1H3,(H2,16,17,23). The fourth-order valence-electron chi connectivity index (χ4n) is 2.55. The fraction of sp³-hybridized carbons (Fsp3) is 0.333. The molecule has 1 aliphatic rings. The number of para-hydroxylation sites is 1. The largest absolute Gasteiger partial charge is 0.341 e. The Balaban J connectivity index is 1.69. The molecular weight excluding hydrogens is 296 g/mol. The quantitative estimate of drug-likeness (QED) is 0.839. The van der Waals surface area contributed by atoms with Crippen molar-refractivity contribution in [2.45, 2.75) is 13.0 Å². The van der Waals surface area contributed by atoms with Crippen LogP contribution < -0.4 is 10.6 Å². The van der Waals surface area contributed by atoms with Crippen LogP contribution in [0.25, 0.3) is 5.69 Å². The molecule has 1 aromatic heterocycles. The number of hydrogen-bond donors (Lipinski definition) is 2. The molecule has 0 radical (unpaired) electrons. The highest BCUT2D eigenvalue weighted by Gasteiger charge is 2.25. The Bertz CT molecular complexity index is 712. The number of amides is 3. The molecule has 8 heteroatoms. The first-order valence-electron chi connectivity index (χ1n) is 7.41. The molecule has 8 nitrogen and oxygen atoms in total. The van der Waals surface area contributed by atoms with Gasteiger partial charge in [0, 0.05) is 20.0 Å². The minimum Gasteiger partial charge on any atom is -0.341 e. The molecular formula is C15H18N6O2. The van der Waals surface area contributed by atoms with Crippen LogP contribution in [0.1, 0.15) is 11.4 Å². The molecule has 3 amide bonds. The van der Waals surface area contributed by atoms with Gasteiger partial charge in [-0.2, -0.15) is 0 Å². The van der Waals surface area contributed by atoms with E-state index >= 15 is 0 Å². The zero-order valence-electron chi connectivity index (χ0n) is 12.8. The molecule has 1 aromatic carbocycles. The molecule has 0 bridgehead atoms. The number of fused-ring (bicyclic) bond motifs is 1. The number of carbonyl (C=O) groups is 2. The highest BCUT2D eigenvalue weighted by Crippen LogP contribution is 2.19. The number of benzene rings is 1. The summed E-state index contributed by atoms with van der Waals surface area (Å²) in [7, 11) is 1.51. The lowest BCUT2D eigenvalue weighted by Crippen LogP contribution is -2.44. The summed E-state index contributed by atoms with van der Waals surface area (Å²) in [5.41, 5.74) is 2.79. The predicted molar refractivity (Wildman–Crippen MR) is 82.9 cm³/mol. The predicted octanol–water partition coefficient (Wildman–Crippen LogP) is 0.0810. The van der Waals surface area contributed by atoms with Crippen LogP contribution in [0.2, 0.25) is 0 Å². The van der Waals surface area contributed by atoms with Gasteiger partial charge in [0.1, 0.15) is 5.69 Å². The van der Waals surface area contributed by atoms with Crippen LogP contribution in [0.4, 0.5) is 4.79 Å². The third kappa shape index (κ3) is 3.15. The first kappa shape index (κ1) is 15.0. The molecule has 0 spiro atoms. The average molecular weight is 314 g/mol. The molecule has 0 saturated heterocycles. The Morgan fingerprint density at radius 2 is 2.04 bits per heavy atom. The number of nitrogens with one attached hydrogen (secondary N) is 2. The summed E-state index contributed by atoms with van der Waals surface area (Å²) in [5.74, 6) is -0.131. The zero-order valence-corrected chi connectivity index (χ0v) is 12.8. The number of urea groups is 1. The molecule has 3 rings (SSSR count). The SMILES string of the molecule is CNC(=O)NCC(=O)N1CCc2c(nnn2-c2ccccc2)C1. The average Bonchev–Trinajstić information content (AvgIpc) is 3.03. The summed E-state index contributed by atoms with van der Waals surface area (Å²) in [6.45, 7) is 0.972. The van der Waals surface area contributed by atoms with Crippen molar-refractivity contribution in [2.24, 2.45) is 0 Å². The fourth-order valence-corrected chi connectivity index (χ4v) is 2.55. The number of rotatable bonds is 3. The van der Waals surface area contributed by atoms with E-state index in [0.29, 0.717) is 19.5 Å². The second kappa shape index (κ2) is 6.47. The maximum Gasteiger partial charge on any atom is 0.314 e. The van der Waals surface area contributed by atoms with Gasteiger partial charge in [-0.15, -0.1) is 5.10 Å². The minimum absolute atomic E-state index is 0.0260. The van der Waals surface area contributed by atoms with Gasteiger partial charge in [-0.25, -0.2) is 9.48 Å². The van der Waals surface area contributed by atoms with Gasteiger partial charge >= 0.3 is 6.03 Å². The number of carbonyl (C=O) groups excluding carboxylic acids is 2. The lowest BCUT2D eigenvalue weighted by atomic mass is 10.1. The topological polar surface area (TPSA) is 92.2 Å². The van der Waals surface area contributed by atoms with Crippen LogP contribution in [0, 0.1) is 0 Å². The Labute approximate surface area is 133 Å². The summed E-state index contributed by atoms with van der Waals surface area (Å²) < 4.78 is 1.82. The first-order valence-corrected chi connectivity index (χ1v) is 7.41. The van der Waals surface area contributed by atoms with E-state index in [-0.39, 0.29) is 18.5 Å². The monoisotopic (exact) mass is 314 g/mol. The summed E-state index contributed by atoms with van der Waals surface area (Å²) in [6.07, 6.45) is 0.683. The van der Waals surface area contributed by atoms with E-state index in [9.17, 15) is 9.59 Å². The molecule has 0 atom stereocenters. The molecule has 0 fully saturated rings. The van der Waals surface area contributed by atoms with E-state index in [4.69, 9.17) is 0 Å². The lowest BCUT2D eigenvalue weighted by molar-refractivity contribution is -0.131. The summed E-state index contributed by atoms with van der Waals surface area (Å²) in [5, 5.41) is 13.3. The van der Waals surface area contributed by atoms with Gasteiger partial charge < -0.3 is 15.5 Å². The Hall–Kier alpha value is -2.90. The molecule has 1 aliphatic heterocycles. The molecule has 2 heterocycles. The zero-order chi connectivity index (χ0) is 16.2. The summed E-state index contributed by atoms with van der Waals surface area (Å²) >= 11 is 0. The Morgan fingerprint density at radius 3 is 2.78 bits per heavy atom. The molecule has 0 saturated carbocycles. The van der Waals surface area contributed by atoms with Crippen molar-refractivity contribution in [2.75, 3.05) is 20.1 Å². The minimum atomic E-state index is -0.369. The number of aromatic nitrogens is 3. The van der Waals surface area contributed by atoms with Gasteiger partial charge in [0.2, 0.25) is 5.91 Å². The molecule has 120 valence electrons. The van der Waals surface area contributed by atoms with Crippen LogP contribution in [0.3, 0.4) is 0 Å². The second-order valence-electron chi connectivity index (χ2n) is 5.23. The van der Waals surface area contributed by atoms with E-state index in [0.717, 1.165) is 17.1 Å². The Morgan fingerprint density at radius 1 is 1.26 bits per heavy atom. The van der Waals surface area contributed by atoms with Gasteiger partial charge in [-0.05, 0) is 12.1 Å². The van der Waals surface area contributed by atoms with Gasteiger partial charge in [-0.1, -0.05) is 23.4 Å². The molecule has 2 aromatic rings. The highest BCUT2D eigenvalue weighted by atomic mass is 16.2. The van der Waals surface area contributed by atoms with Gasteiger partial charge in [0.05, 0.1) is 24.5 Å². The lowest BCUT2D eigenvalue weighted by Gasteiger charge is -2.26. The van der Waals surface area contributed by atoms with Crippen molar-refractivity contribution in [1.29, 1.82) is 0 Å². The van der Waals surface area contributed by atoms with Crippen LogP contribution in [0.15, 0.2) is 30.3 Å². The van der Waals surface area contributed by atoms with Crippen LogP contribution in [-0.4, -0.2) is 52.0 Å². The Kier molecular flexibility index (Phi) is 4.22. The van der Waals surface area contributed by atoms with Crippen LogP contribution in [0.5, 0.6) is 0 Å². The van der Waals surface area contributed by atoms with Crippen molar-refractivity contribution < 1.29 is 9.59 Å². The normalized spacial score (nSPS) is 13.3. The van der Waals surface area contributed by atoms with Crippen molar-refractivity contribution in [3.63, 3.8) is 0 Å². The smallest absolute Gasteiger partial charge is 0.314 e. The number of nitrogens with zero attached hydrogens (tertiary/aromatic N) is 4. The van der Waals surface area contributed by atoms with Crippen LogP contribution >= 0.6 is 0 Å². The van der Waals surface area contributed by atoms with Crippen molar-refractivity contribution in [3.8, 4) is 5.69 Å². The third-order valence-corrected chi connectivity index (χ3v) is 3.78. The van der Waals surface area contributed by atoms with Gasteiger partial charge in [0.25, 0.3) is 0 Å². The maximum absolute atomic E-state index is 12.1. The van der Waals surface area contributed by atoms with E-state index in [1.165, 1.54) is 7.05 Å². The summed E-state index contributed by atoms with van der Waals surface area (Å²) in [4.78, 5) is 25.0. The van der Waals surface area contributed by atoms with E-state index in [2.05, 4.69) is 20.9 Å². The van der Waals surface area contributed by atoms with Crippen molar-refractivity contribution in [3.05, 3.63) is 41.7 Å². The van der Waals surface area contributed by atoms with Gasteiger partial charge in [-0.3, -0.25) is 4.79 Å². The third-order valence-electron chi connectivity index (χ3n) is 3.78. The highest BCUT2D eigenvalue weighted by molar-refractivity contribution is 5.84. The van der Waals surface area contributed by atoms with E-state index < -0.39 is 0 Å². The number of hydrogen-bond acceptors (Lipinski definition) is 4. The molecule has 23 heavy (non-hydrogen) atoms. The molecule has 2 N–H and O–H groups in total. The first-order chi connectivity index (χ1) is 11.2. The molecule has 0 unspecified atom stereocenters. The van der Waals surface area contributed by atoms with Crippen molar-refractivity contribution in [1.82, 2.24) is 30.5 Å². The van der Waals surface area contributed by atoms with Crippen molar-refractivity contribution >= 4 is 11.9 Å².